The minimum atomic E-state index is -0.494. The zero-order chi connectivity index (χ0) is 10.4. The molecule has 0 amide bonds. The highest BCUT2D eigenvalue weighted by Gasteiger charge is 2.08. The Morgan fingerprint density at radius 2 is 2.14 bits per heavy atom. The van der Waals surface area contributed by atoms with Crippen LogP contribution in [0, 0.1) is 5.82 Å². The van der Waals surface area contributed by atoms with E-state index in [1.807, 2.05) is 0 Å². The molecule has 0 aromatic heterocycles. The molecule has 1 aromatic rings. The van der Waals surface area contributed by atoms with Crippen LogP contribution in [0.15, 0.2) is 29.4 Å². The molecule has 4 nitrogen and oxygen atoms in total. The fraction of sp³-hybridized carbons (Fsp3) is 0.222. The van der Waals surface area contributed by atoms with Gasteiger partial charge >= 0.3 is 0 Å². The van der Waals surface area contributed by atoms with E-state index in [2.05, 4.69) is 10.0 Å². The van der Waals surface area contributed by atoms with Crippen molar-refractivity contribution in [2.24, 2.45) is 5.11 Å². The van der Waals surface area contributed by atoms with Crippen LogP contribution >= 0.6 is 0 Å². The van der Waals surface area contributed by atoms with Gasteiger partial charge in [-0.15, -0.1) is 0 Å². The summed E-state index contributed by atoms with van der Waals surface area (Å²) < 4.78 is 12.5. The van der Waals surface area contributed by atoms with Crippen LogP contribution in [-0.4, -0.2) is 12.8 Å². The Bertz CT molecular complexity index is 357. The van der Waals surface area contributed by atoms with Crippen molar-refractivity contribution in [1.82, 2.24) is 0 Å². The molecule has 0 N–H and O–H groups in total. The lowest BCUT2D eigenvalue weighted by Crippen LogP contribution is -2.03. The summed E-state index contributed by atoms with van der Waals surface area (Å²) >= 11 is 0. The molecule has 0 aliphatic heterocycles. The van der Waals surface area contributed by atoms with E-state index in [4.69, 9.17) is 5.53 Å². The molecule has 0 aliphatic carbocycles. The van der Waals surface area contributed by atoms with E-state index in [9.17, 15) is 9.18 Å². The van der Waals surface area contributed by atoms with E-state index in [0.717, 1.165) is 0 Å². The lowest BCUT2D eigenvalue weighted by Gasteiger charge is -2.05. The van der Waals surface area contributed by atoms with Gasteiger partial charge < -0.3 is 4.79 Å². The Balaban J connectivity index is 2.83. The molecule has 0 heterocycles. The number of hydrogen-bond donors (Lipinski definition) is 0. The summed E-state index contributed by atoms with van der Waals surface area (Å²) in [5.74, 6) is -0.853. The second-order valence-electron chi connectivity index (χ2n) is 2.71. The molecule has 0 radical (unpaired) electrons. The monoisotopic (exact) mass is 193 g/mol. The first-order valence-corrected chi connectivity index (χ1v) is 3.99. The van der Waals surface area contributed by atoms with Crippen LogP contribution in [0.2, 0.25) is 0 Å². The van der Waals surface area contributed by atoms with Crippen molar-refractivity contribution in [3.63, 3.8) is 0 Å². The molecule has 72 valence electrons. The third-order valence-electron chi connectivity index (χ3n) is 1.80. The highest BCUT2D eigenvalue weighted by atomic mass is 19.1. The van der Waals surface area contributed by atoms with Gasteiger partial charge in [0.2, 0.25) is 0 Å². The molecule has 5 heteroatoms. The average molecular weight is 193 g/mol. The fourth-order valence-corrected chi connectivity index (χ4v) is 1.06. The predicted molar refractivity (Wildman–Crippen MR) is 49.2 cm³/mol. The molecule has 0 spiro atoms. The molecule has 0 bridgehead atoms. The lowest BCUT2D eigenvalue weighted by atomic mass is 10.0. The topological polar surface area (TPSA) is 65.8 Å². The van der Waals surface area contributed by atoms with Crippen molar-refractivity contribution in [3.05, 3.63) is 46.1 Å². The molecule has 14 heavy (non-hydrogen) atoms. The van der Waals surface area contributed by atoms with Gasteiger partial charge in [0.25, 0.3) is 0 Å². The largest absolute Gasteiger partial charge is 0.303 e. The van der Waals surface area contributed by atoms with Gasteiger partial charge in [-0.2, -0.15) is 0 Å². The average Bonchev–Trinajstić information content (AvgIpc) is 2.21. The summed E-state index contributed by atoms with van der Waals surface area (Å²) in [5.41, 5.74) is 8.73. The number of benzene rings is 1. The number of aldehydes is 1. The number of nitrogens with zero attached hydrogens (tertiary/aromatic N) is 3. The van der Waals surface area contributed by atoms with Gasteiger partial charge in [0.15, 0.2) is 0 Å². The van der Waals surface area contributed by atoms with Crippen LogP contribution in [0.4, 0.5) is 4.39 Å². The molecule has 1 aromatic carbocycles. The van der Waals surface area contributed by atoms with Crippen molar-refractivity contribution in [3.8, 4) is 0 Å². The van der Waals surface area contributed by atoms with Crippen molar-refractivity contribution >= 4 is 6.29 Å². The summed E-state index contributed by atoms with van der Waals surface area (Å²) in [5, 5.41) is 3.30. The predicted octanol–water partition coefficient (Wildman–Crippen LogP) is 2.42. The third-order valence-corrected chi connectivity index (χ3v) is 1.80. The van der Waals surface area contributed by atoms with Crippen LogP contribution in [0.3, 0.4) is 0 Å². The minimum Gasteiger partial charge on any atom is -0.303 e. The van der Waals surface area contributed by atoms with Gasteiger partial charge in [0.05, 0.1) is 0 Å². The number of azide groups is 1. The zero-order valence-corrected chi connectivity index (χ0v) is 7.30. The van der Waals surface area contributed by atoms with E-state index >= 15 is 0 Å². The Morgan fingerprint density at radius 3 is 2.64 bits per heavy atom. The van der Waals surface area contributed by atoms with Gasteiger partial charge in [-0.05, 0) is 23.2 Å². The quantitative estimate of drug-likeness (QED) is 0.313. The first-order valence-electron chi connectivity index (χ1n) is 3.99. The summed E-state index contributed by atoms with van der Waals surface area (Å²) in [6, 6.07) is 5.53. The normalized spacial score (nSPS) is 11.5. The van der Waals surface area contributed by atoms with Gasteiger partial charge in [0, 0.05) is 17.4 Å². The van der Waals surface area contributed by atoms with E-state index in [1.54, 1.807) is 0 Å². The molecule has 1 rings (SSSR count). The first-order chi connectivity index (χ1) is 6.77. The van der Waals surface area contributed by atoms with Gasteiger partial charge in [-0.1, -0.05) is 17.2 Å². The van der Waals surface area contributed by atoms with Crippen molar-refractivity contribution in [2.45, 2.75) is 5.92 Å². The molecule has 0 fully saturated rings. The molecule has 1 atom stereocenters. The van der Waals surface area contributed by atoms with Crippen LogP contribution in [0.5, 0.6) is 0 Å². The number of halogens is 1. The third kappa shape index (κ3) is 2.57. The molecule has 0 saturated heterocycles. The highest BCUT2D eigenvalue weighted by molar-refractivity contribution is 5.62. The van der Waals surface area contributed by atoms with E-state index in [0.29, 0.717) is 11.8 Å². The van der Waals surface area contributed by atoms with E-state index in [1.165, 1.54) is 24.3 Å². The Kier molecular flexibility index (Phi) is 3.64. The number of rotatable bonds is 4. The molecular weight excluding hydrogens is 185 g/mol. The molecule has 0 aliphatic rings. The zero-order valence-electron chi connectivity index (χ0n) is 7.30. The lowest BCUT2D eigenvalue weighted by molar-refractivity contribution is -0.108. The number of carbonyl (C=O) groups excluding carboxylic acids is 1. The van der Waals surface area contributed by atoms with E-state index in [-0.39, 0.29) is 12.4 Å². The van der Waals surface area contributed by atoms with Crippen LogP contribution in [0.1, 0.15) is 11.5 Å². The summed E-state index contributed by atoms with van der Waals surface area (Å²) in [6.07, 6.45) is 0.682. The Labute approximate surface area is 80.0 Å². The molecular formula is C9H8FN3O. The number of carbonyl (C=O) groups is 1. The van der Waals surface area contributed by atoms with Crippen LogP contribution in [0.25, 0.3) is 10.4 Å². The SMILES string of the molecule is [N-]=[N+]=NCC(C=O)c1ccc(F)cc1. The summed E-state index contributed by atoms with van der Waals surface area (Å²) in [6.45, 7) is 0.0611. The Hall–Kier alpha value is -1.87. The highest BCUT2D eigenvalue weighted by Crippen LogP contribution is 2.14. The van der Waals surface area contributed by atoms with Gasteiger partial charge in [0.1, 0.15) is 12.1 Å². The van der Waals surface area contributed by atoms with Crippen molar-refractivity contribution in [1.29, 1.82) is 0 Å². The van der Waals surface area contributed by atoms with Gasteiger partial charge in [-0.25, -0.2) is 4.39 Å². The van der Waals surface area contributed by atoms with Crippen molar-refractivity contribution < 1.29 is 9.18 Å². The molecule has 0 saturated carbocycles. The summed E-state index contributed by atoms with van der Waals surface area (Å²) in [4.78, 5) is 13.2. The summed E-state index contributed by atoms with van der Waals surface area (Å²) in [7, 11) is 0. The first kappa shape index (κ1) is 10.2. The Morgan fingerprint density at radius 1 is 1.50 bits per heavy atom. The maximum absolute atomic E-state index is 12.5. The smallest absolute Gasteiger partial charge is 0.127 e. The second kappa shape index (κ2) is 4.99. The minimum absolute atomic E-state index is 0.0611. The fourth-order valence-electron chi connectivity index (χ4n) is 1.06. The maximum atomic E-state index is 12.5. The van der Waals surface area contributed by atoms with Crippen molar-refractivity contribution in [2.75, 3.05) is 6.54 Å². The maximum Gasteiger partial charge on any atom is 0.127 e. The van der Waals surface area contributed by atoms with E-state index < -0.39 is 5.92 Å². The number of hydrogen-bond acceptors (Lipinski definition) is 2. The second-order valence-corrected chi connectivity index (χ2v) is 2.71. The van der Waals surface area contributed by atoms with Crippen LogP contribution in [-0.2, 0) is 4.79 Å². The van der Waals surface area contributed by atoms with Gasteiger partial charge in [-0.3, -0.25) is 0 Å². The standard InChI is InChI=1S/C9H8FN3O/c10-9-3-1-7(2-4-9)8(6-14)5-12-13-11/h1-4,6,8H,5H2. The van der Waals surface area contributed by atoms with Crippen LogP contribution < -0.4 is 0 Å². The molecule has 1 unspecified atom stereocenters.